The number of para-hydroxylation sites is 1. The third kappa shape index (κ3) is 2.34. The third-order valence-electron chi connectivity index (χ3n) is 2.41. The lowest BCUT2D eigenvalue weighted by Crippen LogP contribution is -2.40. The molecule has 17 heavy (non-hydrogen) atoms. The van der Waals surface area contributed by atoms with Crippen molar-refractivity contribution in [2.75, 3.05) is 0 Å². The highest BCUT2D eigenvalue weighted by molar-refractivity contribution is 5.85. The topological polar surface area (TPSA) is 77.2 Å². The number of ether oxygens (including phenoxy) is 1. The maximum absolute atomic E-state index is 11.3. The summed E-state index contributed by atoms with van der Waals surface area (Å²) in [6.07, 6.45) is 1.02. The molecule has 0 aliphatic heterocycles. The second-order valence-corrected chi connectivity index (χ2v) is 3.60. The van der Waals surface area contributed by atoms with Crippen molar-refractivity contribution >= 4 is 16.8 Å². The quantitative estimate of drug-likeness (QED) is 0.469. The largest absolute Gasteiger partial charge is 0.479 e. The number of nitrogens with two attached hydrogens (primary N) is 1. The van der Waals surface area contributed by atoms with Gasteiger partial charge in [-0.3, -0.25) is 15.2 Å². The van der Waals surface area contributed by atoms with E-state index in [0.717, 1.165) is 10.9 Å². The zero-order chi connectivity index (χ0) is 12.3. The maximum atomic E-state index is 11.3. The Morgan fingerprint density at radius 2 is 2.18 bits per heavy atom. The number of pyridine rings is 1. The maximum Gasteiger partial charge on any atom is 0.274 e. The van der Waals surface area contributed by atoms with Crippen molar-refractivity contribution in [3.8, 4) is 5.75 Å². The van der Waals surface area contributed by atoms with Gasteiger partial charge in [-0.1, -0.05) is 18.2 Å². The fourth-order valence-electron chi connectivity index (χ4n) is 1.53. The van der Waals surface area contributed by atoms with Crippen LogP contribution in [-0.4, -0.2) is 17.0 Å². The highest BCUT2D eigenvalue weighted by atomic mass is 16.5. The average Bonchev–Trinajstić information content (AvgIpc) is 2.38. The molecule has 88 valence electrons. The minimum atomic E-state index is -0.660. The number of fused-ring (bicyclic) bond motifs is 1. The van der Waals surface area contributed by atoms with Gasteiger partial charge in [0.25, 0.3) is 5.91 Å². The van der Waals surface area contributed by atoms with Crippen molar-refractivity contribution in [3.05, 3.63) is 36.5 Å². The van der Waals surface area contributed by atoms with Gasteiger partial charge in [0.1, 0.15) is 11.3 Å². The molecular weight excluding hydrogens is 218 g/mol. The van der Waals surface area contributed by atoms with E-state index in [9.17, 15) is 4.79 Å². The molecule has 0 saturated carbocycles. The summed E-state index contributed by atoms with van der Waals surface area (Å²) >= 11 is 0. The molecule has 5 heteroatoms. The van der Waals surface area contributed by atoms with Crippen LogP contribution < -0.4 is 16.0 Å². The minimum Gasteiger partial charge on any atom is -0.479 e. The summed E-state index contributed by atoms with van der Waals surface area (Å²) in [7, 11) is 0. The smallest absolute Gasteiger partial charge is 0.274 e. The Morgan fingerprint density at radius 1 is 1.41 bits per heavy atom. The molecule has 2 rings (SSSR count). The van der Waals surface area contributed by atoms with Crippen molar-refractivity contribution in [3.63, 3.8) is 0 Å². The first-order valence-electron chi connectivity index (χ1n) is 5.23. The number of carbonyl (C=O) groups excluding carboxylic acids is 1. The van der Waals surface area contributed by atoms with E-state index >= 15 is 0 Å². The highest BCUT2D eigenvalue weighted by Crippen LogP contribution is 2.23. The van der Waals surface area contributed by atoms with Gasteiger partial charge in [-0.25, -0.2) is 5.84 Å². The number of carbonyl (C=O) groups is 1. The molecule has 2 aromatic rings. The van der Waals surface area contributed by atoms with Gasteiger partial charge in [0.05, 0.1) is 0 Å². The van der Waals surface area contributed by atoms with Crippen molar-refractivity contribution in [2.45, 2.75) is 13.0 Å². The molecule has 0 unspecified atom stereocenters. The molecule has 0 fully saturated rings. The molecule has 0 aliphatic rings. The SMILES string of the molecule is C[C@H](Oc1cccc2cccnc12)C(=O)NN. The predicted octanol–water partition coefficient (Wildman–Crippen LogP) is 0.992. The second-order valence-electron chi connectivity index (χ2n) is 3.60. The molecule has 1 atom stereocenters. The Labute approximate surface area is 98.6 Å². The number of hydrazine groups is 1. The normalized spacial score (nSPS) is 12.1. The fourth-order valence-corrected chi connectivity index (χ4v) is 1.53. The zero-order valence-electron chi connectivity index (χ0n) is 9.38. The molecule has 0 aliphatic carbocycles. The van der Waals surface area contributed by atoms with Gasteiger partial charge in [0, 0.05) is 11.6 Å². The van der Waals surface area contributed by atoms with Crippen LogP contribution in [0, 0.1) is 0 Å². The Bertz CT molecular complexity index is 537. The van der Waals surface area contributed by atoms with Crippen LogP contribution in [0.5, 0.6) is 5.75 Å². The Kier molecular flexibility index (Phi) is 3.20. The van der Waals surface area contributed by atoms with Crippen LogP contribution in [0.2, 0.25) is 0 Å². The van der Waals surface area contributed by atoms with Gasteiger partial charge in [-0.05, 0) is 19.1 Å². The summed E-state index contributed by atoms with van der Waals surface area (Å²) in [5.41, 5.74) is 2.78. The highest BCUT2D eigenvalue weighted by Gasteiger charge is 2.14. The van der Waals surface area contributed by atoms with Gasteiger partial charge in [0.15, 0.2) is 6.10 Å². The first kappa shape index (κ1) is 11.3. The van der Waals surface area contributed by atoms with Crippen molar-refractivity contribution in [1.29, 1.82) is 0 Å². The van der Waals surface area contributed by atoms with Gasteiger partial charge in [-0.15, -0.1) is 0 Å². The Hall–Kier alpha value is -2.14. The lowest BCUT2D eigenvalue weighted by atomic mass is 10.2. The molecule has 0 spiro atoms. The Morgan fingerprint density at radius 3 is 2.94 bits per heavy atom. The monoisotopic (exact) mass is 231 g/mol. The fraction of sp³-hybridized carbons (Fsp3) is 0.167. The van der Waals surface area contributed by atoms with Crippen LogP contribution in [0.3, 0.4) is 0 Å². The van der Waals surface area contributed by atoms with Crippen molar-refractivity contribution < 1.29 is 9.53 Å². The molecule has 1 aromatic heterocycles. The molecule has 1 aromatic carbocycles. The first-order valence-corrected chi connectivity index (χ1v) is 5.23. The average molecular weight is 231 g/mol. The lowest BCUT2D eigenvalue weighted by molar-refractivity contribution is -0.127. The predicted molar refractivity (Wildman–Crippen MR) is 64.2 cm³/mol. The number of aromatic nitrogens is 1. The molecule has 1 heterocycles. The molecule has 0 bridgehead atoms. The molecule has 1 amide bonds. The summed E-state index contributed by atoms with van der Waals surface area (Å²) in [5.74, 6) is 5.24. The molecule has 3 N–H and O–H groups in total. The van der Waals surface area contributed by atoms with Crippen molar-refractivity contribution in [1.82, 2.24) is 10.4 Å². The molecular formula is C12H13N3O2. The second kappa shape index (κ2) is 4.80. The van der Waals surface area contributed by atoms with Gasteiger partial charge in [-0.2, -0.15) is 0 Å². The van der Waals surface area contributed by atoms with E-state index in [1.807, 2.05) is 29.7 Å². The van der Waals surface area contributed by atoms with Crippen LogP contribution in [-0.2, 0) is 4.79 Å². The summed E-state index contributed by atoms with van der Waals surface area (Å²) in [6, 6.07) is 9.34. The molecule has 0 saturated heterocycles. The number of hydrogen-bond acceptors (Lipinski definition) is 4. The number of hydrogen-bond donors (Lipinski definition) is 2. The van der Waals surface area contributed by atoms with E-state index in [1.165, 1.54) is 0 Å². The number of nitrogens with one attached hydrogen (secondary N) is 1. The van der Waals surface area contributed by atoms with Gasteiger partial charge >= 0.3 is 0 Å². The van der Waals surface area contributed by atoms with Crippen LogP contribution in [0.15, 0.2) is 36.5 Å². The number of rotatable bonds is 3. The summed E-state index contributed by atoms with van der Waals surface area (Å²) in [4.78, 5) is 15.5. The van der Waals surface area contributed by atoms with Gasteiger partial charge in [0.2, 0.25) is 0 Å². The standard InChI is InChI=1S/C12H13N3O2/c1-8(12(16)15-13)17-10-6-2-4-9-5-3-7-14-11(9)10/h2-8H,13H2,1H3,(H,15,16)/t8-/m0/s1. The van der Waals surface area contributed by atoms with Crippen molar-refractivity contribution in [2.24, 2.45) is 5.84 Å². The summed E-state index contributed by atoms with van der Waals surface area (Å²) in [5, 5.41) is 0.963. The third-order valence-corrected chi connectivity index (χ3v) is 2.41. The summed E-state index contributed by atoms with van der Waals surface area (Å²) in [6.45, 7) is 1.63. The number of amides is 1. The van der Waals surface area contributed by atoms with Crippen LogP contribution >= 0.6 is 0 Å². The number of nitrogens with zero attached hydrogens (tertiary/aromatic N) is 1. The van der Waals surface area contributed by atoms with Crippen LogP contribution in [0.25, 0.3) is 10.9 Å². The summed E-state index contributed by atoms with van der Waals surface area (Å²) < 4.78 is 5.53. The van der Waals surface area contributed by atoms with Crippen LogP contribution in [0.4, 0.5) is 0 Å². The zero-order valence-corrected chi connectivity index (χ0v) is 9.38. The van der Waals surface area contributed by atoms with Gasteiger partial charge < -0.3 is 4.74 Å². The molecule has 5 nitrogen and oxygen atoms in total. The first-order chi connectivity index (χ1) is 8.22. The minimum absolute atomic E-state index is 0.377. The van der Waals surface area contributed by atoms with E-state index < -0.39 is 6.10 Å². The van der Waals surface area contributed by atoms with Crippen LogP contribution in [0.1, 0.15) is 6.92 Å². The molecule has 0 radical (unpaired) electrons. The number of benzene rings is 1. The Balaban J connectivity index is 2.33. The van der Waals surface area contributed by atoms with E-state index in [2.05, 4.69) is 4.98 Å². The van der Waals surface area contributed by atoms with E-state index in [1.54, 1.807) is 19.2 Å². The lowest BCUT2D eigenvalue weighted by Gasteiger charge is -2.13. The van der Waals surface area contributed by atoms with E-state index in [0.29, 0.717) is 5.75 Å². The van der Waals surface area contributed by atoms with E-state index in [-0.39, 0.29) is 5.91 Å². The van der Waals surface area contributed by atoms with E-state index in [4.69, 9.17) is 10.6 Å².